The number of benzene rings is 1. The van der Waals surface area contributed by atoms with E-state index in [2.05, 4.69) is 0 Å². The molecule has 0 aromatic heterocycles. The average molecular weight is 252 g/mol. The molecule has 0 radical (unpaired) electrons. The molecule has 3 heteroatoms. The second-order valence-electron chi connectivity index (χ2n) is 5.13. The zero-order valence-electron chi connectivity index (χ0n) is 10.9. The van der Waals surface area contributed by atoms with Gasteiger partial charge >= 0.3 is 0 Å². The van der Waals surface area contributed by atoms with Crippen molar-refractivity contribution in [3.05, 3.63) is 29.6 Å². The minimum atomic E-state index is -0.408. The second kappa shape index (κ2) is 6.19. The second-order valence-corrected chi connectivity index (χ2v) is 5.13. The predicted molar refractivity (Wildman–Crippen MR) is 69.3 cm³/mol. The molecule has 2 atom stereocenters. The Hall–Kier alpha value is -1.09. The Morgan fingerprint density at radius 1 is 1.17 bits per heavy atom. The van der Waals surface area contributed by atoms with Crippen LogP contribution in [-0.2, 0) is 0 Å². The van der Waals surface area contributed by atoms with Crippen molar-refractivity contribution in [3.63, 3.8) is 0 Å². The number of aryl methyl sites for hydroxylation is 1. The maximum atomic E-state index is 13.0. The summed E-state index contributed by atoms with van der Waals surface area (Å²) in [4.78, 5) is 0. The first-order chi connectivity index (χ1) is 8.66. The lowest BCUT2D eigenvalue weighted by Gasteiger charge is -2.27. The van der Waals surface area contributed by atoms with E-state index in [1.54, 1.807) is 6.07 Å². The van der Waals surface area contributed by atoms with Gasteiger partial charge in [0.25, 0.3) is 0 Å². The van der Waals surface area contributed by atoms with Crippen LogP contribution in [0.4, 0.5) is 4.39 Å². The first-order valence-corrected chi connectivity index (χ1v) is 6.77. The number of hydrogen-bond acceptors (Lipinski definition) is 2. The maximum Gasteiger partial charge on any atom is 0.124 e. The summed E-state index contributed by atoms with van der Waals surface area (Å²) < 4.78 is 18.9. The molecule has 1 N–H and O–H groups in total. The van der Waals surface area contributed by atoms with Crippen molar-refractivity contribution in [1.82, 2.24) is 0 Å². The Bertz CT molecular complexity index is 392. The fourth-order valence-corrected chi connectivity index (χ4v) is 2.48. The highest BCUT2D eigenvalue weighted by Gasteiger charge is 2.22. The summed E-state index contributed by atoms with van der Waals surface area (Å²) in [6.07, 6.45) is 5.65. The highest BCUT2D eigenvalue weighted by atomic mass is 19.1. The first-order valence-electron chi connectivity index (χ1n) is 6.77. The van der Waals surface area contributed by atoms with Gasteiger partial charge < -0.3 is 9.84 Å². The highest BCUT2D eigenvalue weighted by molar-refractivity contribution is 5.32. The van der Waals surface area contributed by atoms with Crippen LogP contribution in [-0.4, -0.2) is 17.3 Å². The molecule has 1 aliphatic rings. The molecule has 2 unspecified atom stereocenters. The Kier molecular flexibility index (Phi) is 4.59. The van der Waals surface area contributed by atoms with Gasteiger partial charge in [0.15, 0.2) is 0 Å². The van der Waals surface area contributed by atoms with Crippen molar-refractivity contribution in [3.8, 4) is 5.75 Å². The molecular formula is C15H21FO2. The van der Waals surface area contributed by atoms with E-state index < -0.39 is 6.10 Å². The van der Waals surface area contributed by atoms with E-state index in [0.29, 0.717) is 5.75 Å². The van der Waals surface area contributed by atoms with Crippen LogP contribution in [0.25, 0.3) is 0 Å². The Labute approximate surface area is 108 Å². The molecule has 0 saturated heterocycles. The zero-order chi connectivity index (χ0) is 13.0. The molecule has 1 aromatic rings. The molecule has 0 heterocycles. The van der Waals surface area contributed by atoms with Gasteiger partial charge in [0.1, 0.15) is 17.7 Å². The van der Waals surface area contributed by atoms with Crippen LogP contribution in [0, 0.1) is 12.7 Å². The van der Waals surface area contributed by atoms with Gasteiger partial charge in [-0.25, -0.2) is 4.39 Å². The van der Waals surface area contributed by atoms with Gasteiger partial charge in [0, 0.05) is 0 Å². The molecule has 1 aromatic carbocycles. The van der Waals surface area contributed by atoms with Crippen molar-refractivity contribution < 1.29 is 14.2 Å². The molecule has 0 aliphatic heterocycles. The van der Waals surface area contributed by atoms with Crippen LogP contribution in [0.5, 0.6) is 5.75 Å². The fraction of sp³-hybridized carbons (Fsp3) is 0.600. The minimum Gasteiger partial charge on any atom is -0.487 e. The molecule has 1 fully saturated rings. The maximum absolute atomic E-state index is 13.0. The lowest BCUT2D eigenvalue weighted by molar-refractivity contribution is 0.0183. The quantitative estimate of drug-likeness (QED) is 0.871. The highest BCUT2D eigenvalue weighted by Crippen LogP contribution is 2.25. The lowest BCUT2D eigenvalue weighted by Crippen LogP contribution is -2.32. The molecule has 2 rings (SSSR count). The minimum absolute atomic E-state index is 0.158. The molecule has 0 bridgehead atoms. The van der Waals surface area contributed by atoms with Crippen LogP contribution in [0.1, 0.15) is 44.1 Å². The summed E-state index contributed by atoms with van der Waals surface area (Å²) in [5.41, 5.74) is 0.782. The van der Waals surface area contributed by atoms with Crippen molar-refractivity contribution in [1.29, 1.82) is 0 Å². The van der Waals surface area contributed by atoms with Gasteiger partial charge in [-0.3, -0.25) is 0 Å². The van der Waals surface area contributed by atoms with Gasteiger partial charge in [-0.15, -0.1) is 0 Å². The standard InChI is InChI=1S/C15H21FO2/c1-11-10-12(16)8-9-14(11)18-15-7-5-3-2-4-6-13(15)17/h8-10,13,15,17H,2-7H2,1H3. The number of ether oxygens (including phenoxy) is 1. The largest absolute Gasteiger partial charge is 0.487 e. The summed E-state index contributed by atoms with van der Waals surface area (Å²) in [6.45, 7) is 1.83. The number of aliphatic hydroxyl groups excluding tert-OH is 1. The monoisotopic (exact) mass is 252 g/mol. The summed E-state index contributed by atoms with van der Waals surface area (Å²) in [6, 6.07) is 4.51. The third-order valence-corrected chi connectivity index (χ3v) is 3.58. The van der Waals surface area contributed by atoms with Crippen molar-refractivity contribution >= 4 is 0 Å². The van der Waals surface area contributed by atoms with Crippen LogP contribution in [0.3, 0.4) is 0 Å². The molecule has 0 spiro atoms. The SMILES string of the molecule is Cc1cc(F)ccc1OC1CCCCCCC1O. The van der Waals surface area contributed by atoms with E-state index in [-0.39, 0.29) is 11.9 Å². The van der Waals surface area contributed by atoms with Crippen molar-refractivity contribution in [2.75, 3.05) is 0 Å². The third-order valence-electron chi connectivity index (χ3n) is 3.58. The van der Waals surface area contributed by atoms with Gasteiger partial charge in [-0.1, -0.05) is 19.3 Å². The Morgan fingerprint density at radius 3 is 2.61 bits per heavy atom. The van der Waals surface area contributed by atoms with Gasteiger partial charge in [0.2, 0.25) is 0 Å². The molecule has 100 valence electrons. The van der Waals surface area contributed by atoms with Crippen LogP contribution < -0.4 is 4.74 Å². The van der Waals surface area contributed by atoms with Crippen LogP contribution in [0.15, 0.2) is 18.2 Å². The molecule has 18 heavy (non-hydrogen) atoms. The van der Waals surface area contributed by atoms with Crippen molar-refractivity contribution in [2.24, 2.45) is 0 Å². The Morgan fingerprint density at radius 2 is 1.89 bits per heavy atom. The number of aliphatic hydroxyl groups is 1. The topological polar surface area (TPSA) is 29.5 Å². The summed E-state index contributed by atoms with van der Waals surface area (Å²) >= 11 is 0. The number of rotatable bonds is 2. The zero-order valence-corrected chi connectivity index (χ0v) is 10.9. The van der Waals surface area contributed by atoms with Crippen molar-refractivity contribution in [2.45, 2.75) is 57.7 Å². The van der Waals surface area contributed by atoms with E-state index in [1.165, 1.54) is 25.0 Å². The summed E-state index contributed by atoms with van der Waals surface area (Å²) in [7, 11) is 0. The molecular weight excluding hydrogens is 231 g/mol. The number of hydrogen-bond donors (Lipinski definition) is 1. The molecule has 1 aliphatic carbocycles. The molecule has 1 saturated carbocycles. The van der Waals surface area contributed by atoms with E-state index in [0.717, 1.165) is 31.2 Å². The van der Waals surface area contributed by atoms with Gasteiger partial charge in [0.05, 0.1) is 6.10 Å². The predicted octanol–water partition coefficient (Wildman–Crippen LogP) is 3.60. The summed E-state index contributed by atoms with van der Waals surface area (Å²) in [5, 5.41) is 10.1. The van der Waals surface area contributed by atoms with E-state index in [1.807, 2.05) is 6.92 Å². The van der Waals surface area contributed by atoms with Crippen LogP contribution >= 0.6 is 0 Å². The normalized spacial score (nSPS) is 25.3. The molecule has 2 nitrogen and oxygen atoms in total. The van der Waals surface area contributed by atoms with Crippen LogP contribution in [0.2, 0.25) is 0 Å². The lowest BCUT2D eigenvalue weighted by atomic mass is 9.96. The smallest absolute Gasteiger partial charge is 0.124 e. The average Bonchev–Trinajstić information content (AvgIpc) is 2.31. The van der Waals surface area contributed by atoms with Gasteiger partial charge in [-0.05, 0) is 49.9 Å². The van der Waals surface area contributed by atoms with E-state index in [4.69, 9.17) is 4.74 Å². The third kappa shape index (κ3) is 3.45. The number of halogens is 1. The molecule has 0 amide bonds. The summed E-state index contributed by atoms with van der Waals surface area (Å²) in [5.74, 6) is 0.430. The van der Waals surface area contributed by atoms with E-state index in [9.17, 15) is 9.50 Å². The fourth-order valence-electron chi connectivity index (χ4n) is 2.48. The van der Waals surface area contributed by atoms with E-state index >= 15 is 0 Å². The first kappa shape index (κ1) is 13.3. The van der Waals surface area contributed by atoms with Gasteiger partial charge in [-0.2, -0.15) is 0 Å². The Balaban J connectivity index is 2.05.